The topological polar surface area (TPSA) is 79.5 Å². The van der Waals surface area contributed by atoms with Crippen molar-refractivity contribution in [2.75, 3.05) is 0 Å². The second kappa shape index (κ2) is 4.16. The number of nitrogens with zero attached hydrogens (tertiary/aromatic N) is 1. The van der Waals surface area contributed by atoms with Gasteiger partial charge in [0.15, 0.2) is 0 Å². The molecule has 2 aliphatic carbocycles. The van der Waals surface area contributed by atoms with Crippen LogP contribution in [0.25, 0.3) is 0 Å². The fourth-order valence-electron chi connectivity index (χ4n) is 3.46. The first-order valence-corrected chi connectivity index (χ1v) is 8.52. The van der Waals surface area contributed by atoms with Crippen LogP contribution in [0.1, 0.15) is 34.9 Å². The van der Waals surface area contributed by atoms with Gasteiger partial charge in [-0.05, 0) is 25.5 Å². The summed E-state index contributed by atoms with van der Waals surface area (Å²) in [5, 5.41) is 20.8. The molecule has 2 atom stereocenters. The van der Waals surface area contributed by atoms with E-state index in [0.29, 0.717) is 15.1 Å². The van der Waals surface area contributed by atoms with Gasteiger partial charge >= 0.3 is 0 Å². The van der Waals surface area contributed by atoms with Gasteiger partial charge in [-0.25, -0.2) is 8.42 Å². The Kier molecular flexibility index (Phi) is 2.55. The third kappa shape index (κ3) is 1.56. The van der Waals surface area contributed by atoms with Crippen LogP contribution in [0.3, 0.4) is 0 Å². The lowest BCUT2D eigenvalue weighted by Gasteiger charge is -2.11. The minimum Gasteiger partial charge on any atom is -0.493 e. The molecule has 2 aromatic rings. The molecule has 22 heavy (non-hydrogen) atoms. The number of allylic oxidation sites excluding steroid dienone is 2. The predicted octanol–water partition coefficient (Wildman–Crippen LogP) is 2.59. The summed E-state index contributed by atoms with van der Waals surface area (Å²) >= 11 is 0. The quantitative estimate of drug-likeness (QED) is 0.834. The molecule has 114 valence electrons. The van der Waals surface area contributed by atoms with Crippen LogP contribution in [0.5, 0.6) is 11.8 Å². The average molecular weight is 317 g/mol. The molecule has 0 radical (unpaired) electrons. The molecular formula is C16H15NO4S. The molecule has 4 rings (SSSR count). The molecule has 1 aromatic heterocycles. The molecule has 0 spiro atoms. The first kappa shape index (κ1) is 13.5. The Hall–Kier alpha value is -2.21. The molecule has 1 aromatic carbocycles. The zero-order chi connectivity index (χ0) is 15.6. The molecule has 0 fully saturated rings. The maximum absolute atomic E-state index is 12.7. The molecule has 5 nitrogen and oxygen atoms in total. The SMILES string of the molecule is Cc1ccc(S(=O)(=O)n2c(O)c3c(c2O)C2C=CC3C2)cc1. The van der Waals surface area contributed by atoms with E-state index in [1.54, 1.807) is 12.1 Å². The number of hydrogen-bond acceptors (Lipinski definition) is 4. The van der Waals surface area contributed by atoms with Gasteiger partial charge in [0.25, 0.3) is 10.0 Å². The van der Waals surface area contributed by atoms with Crippen molar-refractivity contribution in [3.63, 3.8) is 0 Å². The largest absolute Gasteiger partial charge is 0.493 e. The van der Waals surface area contributed by atoms with E-state index in [-0.39, 0.29) is 28.5 Å². The molecule has 0 saturated carbocycles. The standard InChI is InChI=1S/C16H15NO4S/c1-9-2-6-12(7-3-9)22(20,21)17-15(18)13-10-4-5-11(8-10)14(13)16(17)19/h2-7,10-11,18-19H,8H2,1H3. The van der Waals surface area contributed by atoms with Crippen molar-refractivity contribution in [1.29, 1.82) is 0 Å². The normalized spacial score (nSPS) is 22.2. The summed E-state index contributed by atoms with van der Waals surface area (Å²) in [6.07, 6.45) is 4.70. The number of aryl methyl sites for hydroxylation is 1. The van der Waals surface area contributed by atoms with Gasteiger partial charge in [0.1, 0.15) is 0 Å². The first-order valence-electron chi connectivity index (χ1n) is 7.08. The van der Waals surface area contributed by atoms with Gasteiger partial charge in [-0.3, -0.25) is 0 Å². The van der Waals surface area contributed by atoms with Crippen LogP contribution in [0, 0.1) is 6.92 Å². The Bertz CT molecular complexity index is 871. The number of aromatic hydroxyl groups is 2. The van der Waals surface area contributed by atoms with E-state index in [1.807, 2.05) is 19.1 Å². The van der Waals surface area contributed by atoms with E-state index in [0.717, 1.165) is 12.0 Å². The molecule has 2 aliphatic rings. The van der Waals surface area contributed by atoms with E-state index in [2.05, 4.69) is 0 Å². The summed E-state index contributed by atoms with van der Waals surface area (Å²) < 4.78 is 26.2. The predicted molar refractivity (Wildman–Crippen MR) is 80.8 cm³/mol. The van der Waals surface area contributed by atoms with Crippen LogP contribution >= 0.6 is 0 Å². The lowest BCUT2D eigenvalue weighted by molar-refractivity contribution is 0.401. The highest BCUT2D eigenvalue weighted by atomic mass is 32.2. The van der Waals surface area contributed by atoms with Crippen molar-refractivity contribution >= 4 is 10.0 Å². The third-order valence-corrected chi connectivity index (χ3v) is 6.24. The zero-order valence-corrected chi connectivity index (χ0v) is 12.7. The Labute approximate surface area is 128 Å². The molecular weight excluding hydrogens is 302 g/mol. The second-order valence-corrected chi connectivity index (χ2v) is 7.68. The van der Waals surface area contributed by atoms with Crippen molar-refractivity contribution in [3.8, 4) is 11.8 Å². The monoisotopic (exact) mass is 317 g/mol. The van der Waals surface area contributed by atoms with Gasteiger partial charge in [-0.15, -0.1) is 0 Å². The Morgan fingerprint density at radius 1 is 1.00 bits per heavy atom. The van der Waals surface area contributed by atoms with Crippen molar-refractivity contribution in [2.45, 2.75) is 30.1 Å². The van der Waals surface area contributed by atoms with Gasteiger partial charge in [0, 0.05) is 23.0 Å². The van der Waals surface area contributed by atoms with Crippen LogP contribution in [0.4, 0.5) is 0 Å². The molecule has 2 N–H and O–H groups in total. The molecule has 2 bridgehead atoms. The van der Waals surface area contributed by atoms with E-state index < -0.39 is 10.0 Å². The van der Waals surface area contributed by atoms with Gasteiger partial charge in [0.2, 0.25) is 11.8 Å². The highest BCUT2D eigenvalue weighted by molar-refractivity contribution is 7.90. The average Bonchev–Trinajstić information content (AvgIpc) is 3.13. The summed E-state index contributed by atoms with van der Waals surface area (Å²) in [6.45, 7) is 1.86. The lowest BCUT2D eigenvalue weighted by Crippen LogP contribution is -2.12. The van der Waals surface area contributed by atoms with Crippen LogP contribution in [0.2, 0.25) is 0 Å². The number of aromatic nitrogens is 1. The minimum absolute atomic E-state index is 0.0135. The van der Waals surface area contributed by atoms with E-state index in [1.165, 1.54) is 12.1 Å². The van der Waals surface area contributed by atoms with Gasteiger partial charge in [-0.2, -0.15) is 3.97 Å². The summed E-state index contributed by atoms with van der Waals surface area (Å²) in [6, 6.07) is 6.32. The second-order valence-electron chi connectivity index (χ2n) is 5.89. The summed E-state index contributed by atoms with van der Waals surface area (Å²) in [5.41, 5.74) is 2.02. The number of hydrogen-bond donors (Lipinski definition) is 2. The number of benzene rings is 1. The summed E-state index contributed by atoms with van der Waals surface area (Å²) in [7, 11) is -4.03. The van der Waals surface area contributed by atoms with Crippen molar-refractivity contribution in [1.82, 2.24) is 3.97 Å². The van der Waals surface area contributed by atoms with Crippen LogP contribution < -0.4 is 0 Å². The van der Waals surface area contributed by atoms with Gasteiger partial charge in [0.05, 0.1) is 4.90 Å². The van der Waals surface area contributed by atoms with E-state index in [4.69, 9.17) is 0 Å². The smallest absolute Gasteiger partial charge is 0.273 e. The highest BCUT2D eigenvalue weighted by Gasteiger charge is 2.43. The molecule has 1 heterocycles. The van der Waals surface area contributed by atoms with E-state index in [9.17, 15) is 18.6 Å². The lowest BCUT2D eigenvalue weighted by atomic mass is 10.0. The number of rotatable bonds is 2. The molecule has 0 aliphatic heterocycles. The molecule has 6 heteroatoms. The first-order chi connectivity index (χ1) is 10.4. The maximum Gasteiger partial charge on any atom is 0.273 e. The third-order valence-electron chi connectivity index (χ3n) is 4.54. The highest BCUT2D eigenvalue weighted by Crippen LogP contribution is 2.57. The zero-order valence-electron chi connectivity index (χ0n) is 11.9. The van der Waals surface area contributed by atoms with Gasteiger partial charge < -0.3 is 10.2 Å². The van der Waals surface area contributed by atoms with Crippen molar-refractivity contribution in [3.05, 3.63) is 53.1 Å². The minimum atomic E-state index is -4.03. The maximum atomic E-state index is 12.7. The Balaban J connectivity index is 1.93. The number of fused-ring (bicyclic) bond motifs is 5. The summed E-state index contributed by atoms with van der Waals surface area (Å²) in [5.74, 6) is -0.768. The Morgan fingerprint density at radius 3 is 2.00 bits per heavy atom. The van der Waals surface area contributed by atoms with Crippen molar-refractivity contribution in [2.24, 2.45) is 0 Å². The van der Waals surface area contributed by atoms with Crippen LogP contribution in [-0.2, 0) is 10.0 Å². The molecule has 0 saturated heterocycles. The van der Waals surface area contributed by atoms with Crippen LogP contribution in [-0.4, -0.2) is 22.6 Å². The van der Waals surface area contributed by atoms with Crippen LogP contribution in [0.15, 0.2) is 41.3 Å². The van der Waals surface area contributed by atoms with Crippen molar-refractivity contribution < 1.29 is 18.6 Å². The van der Waals surface area contributed by atoms with E-state index >= 15 is 0 Å². The fourth-order valence-corrected chi connectivity index (χ4v) is 4.80. The summed E-state index contributed by atoms with van der Waals surface area (Å²) in [4.78, 5) is 0.0395. The molecule has 2 unspecified atom stereocenters. The fraction of sp³-hybridized carbons (Fsp3) is 0.250. The molecule has 0 amide bonds. The Morgan fingerprint density at radius 2 is 1.50 bits per heavy atom. The van der Waals surface area contributed by atoms with Gasteiger partial charge in [-0.1, -0.05) is 29.8 Å².